The highest BCUT2D eigenvalue weighted by atomic mass is 19.1. The fourth-order valence-electron chi connectivity index (χ4n) is 2.29. The van der Waals surface area contributed by atoms with E-state index in [9.17, 15) is 14.0 Å². The van der Waals surface area contributed by atoms with E-state index < -0.39 is 23.4 Å². The third kappa shape index (κ3) is 5.15. The van der Waals surface area contributed by atoms with Crippen molar-refractivity contribution in [1.82, 2.24) is 9.97 Å². The lowest BCUT2D eigenvalue weighted by Gasteiger charge is -2.20. The summed E-state index contributed by atoms with van der Waals surface area (Å²) >= 11 is 0. The van der Waals surface area contributed by atoms with Gasteiger partial charge in [0.05, 0.1) is 18.4 Å². The molecule has 0 aliphatic carbocycles. The van der Waals surface area contributed by atoms with E-state index in [2.05, 4.69) is 15.3 Å². The number of halogens is 1. The van der Waals surface area contributed by atoms with Crippen LogP contribution in [-0.4, -0.2) is 41.7 Å². The Morgan fingerprint density at radius 2 is 1.93 bits per heavy atom. The van der Waals surface area contributed by atoms with Gasteiger partial charge in [-0.25, -0.2) is 19.2 Å². The van der Waals surface area contributed by atoms with E-state index in [-0.39, 0.29) is 17.3 Å². The van der Waals surface area contributed by atoms with Crippen LogP contribution in [0.4, 0.5) is 20.8 Å². The molecule has 1 N–H and O–H groups in total. The molecule has 1 aromatic heterocycles. The minimum absolute atomic E-state index is 0.0152. The number of nitrogens with zero attached hydrogens (tertiary/aromatic N) is 3. The maximum Gasteiger partial charge on any atom is 0.414 e. The second-order valence-electron chi connectivity index (χ2n) is 7.00. The second-order valence-corrected chi connectivity index (χ2v) is 7.00. The highest BCUT2D eigenvalue weighted by Crippen LogP contribution is 2.24. The summed E-state index contributed by atoms with van der Waals surface area (Å²) in [5, 5.41) is 2.41. The minimum Gasteiger partial charge on any atom is -0.494 e. The van der Waals surface area contributed by atoms with E-state index in [4.69, 9.17) is 9.47 Å². The molecular weight excluding hydrogens is 367 g/mol. The van der Waals surface area contributed by atoms with Gasteiger partial charge >= 0.3 is 6.09 Å². The Kier molecular flexibility index (Phi) is 6.17. The van der Waals surface area contributed by atoms with E-state index in [1.807, 2.05) is 0 Å². The van der Waals surface area contributed by atoms with Crippen molar-refractivity contribution >= 4 is 23.6 Å². The van der Waals surface area contributed by atoms with Crippen LogP contribution in [0.5, 0.6) is 5.75 Å². The monoisotopic (exact) mass is 390 g/mol. The first kappa shape index (κ1) is 21.1. The number of amides is 2. The number of ether oxygens (including phenoxy) is 2. The summed E-state index contributed by atoms with van der Waals surface area (Å²) in [5.41, 5.74) is 0.254. The number of methoxy groups -OCH3 is 1. The summed E-state index contributed by atoms with van der Waals surface area (Å²) in [7, 11) is 2.87. The molecule has 2 amide bonds. The van der Waals surface area contributed by atoms with Gasteiger partial charge in [0.25, 0.3) is 5.91 Å². The van der Waals surface area contributed by atoms with E-state index in [0.29, 0.717) is 11.4 Å². The van der Waals surface area contributed by atoms with Crippen molar-refractivity contribution in [2.24, 2.45) is 0 Å². The molecule has 0 fully saturated rings. The van der Waals surface area contributed by atoms with E-state index in [1.165, 1.54) is 37.4 Å². The van der Waals surface area contributed by atoms with Crippen molar-refractivity contribution in [2.45, 2.75) is 33.3 Å². The zero-order valence-corrected chi connectivity index (χ0v) is 16.7. The predicted molar refractivity (Wildman–Crippen MR) is 102 cm³/mol. The molecule has 0 saturated heterocycles. The summed E-state index contributed by atoms with van der Waals surface area (Å²) in [5.74, 6) is -0.904. The fourth-order valence-corrected chi connectivity index (χ4v) is 2.29. The molecule has 8 nitrogen and oxygen atoms in total. The Bertz CT molecular complexity index is 896. The lowest BCUT2D eigenvalue weighted by molar-refractivity contribution is 0.0634. The molecule has 0 atom stereocenters. The minimum atomic E-state index is -0.697. The second kappa shape index (κ2) is 8.20. The Morgan fingerprint density at radius 1 is 1.25 bits per heavy atom. The summed E-state index contributed by atoms with van der Waals surface area (Å²) in [6, 6.07) is 4.20. The smallest absolute Gasteiger partial charge is 0.414 e. The fraction of sp³-hybridized carbons (Fsp3) is 0.368. The van der Waals surface area contributed by atoms with E-state index in [1.54, 1.807) is 33.8 Å². The summed E-state index contributed by atoms with van der Waals surface area (Å²) in [6.45, 7) is 6.81. The van der Waals surface area contributed by atoms with Crippen molar-refractivity contribution in [3.05, 3.63) is 41.5 Å². The average molecular weight is 390 g/mol. The van der Waals surface area contributed by atoms with Crippen LogP contribution in [0.15, 0.2) is 24.4 Å². The SMILES string of the molecule is COc1ccc(N(C)C(=O)c2cnc(NC(=O)OC(C)(C)C)nc2C)cc1F. The van der Waals surface area contributed by atoms with Crippen molar-refractivity contribution in [3.63, 3.8) is 0 Å². The summed E-state index contributed by atoms with van der Waals surface area (Å²) < 4.78 is 23.9. The van der Waals surface area contributed by atoms with Crippen LogP contribution in [0.25, 0.3) is 0 Å². The molecule has 9 heteroatoms. The number of rotatable bonds is 4. The van der Waals surface area contributed by atoms with Gasteiger partial charge in [-0.3, -0.25) is 10.1 Å². The molecule has 0 spiro atoms. The Labute approximate surface area is 162 Å². The number of aryl methyl sites for hydroxylation is 1. The van der Waals surface area contributed by atoms with Crippen LogP contribution < -0.4 is 15.0 Å². The molecule has 0 aliphatic heterocycles. The molecule has 0 aliphatic rings. The molecule has 1 heterocycles. The lowest BCUT2D eigenvalue weighted by Crippen LogP contribution is -2.29. The van der Waals surface area contributed by atoms with Gasteiger partial charge in [0.2, 0.25) is 5.95 Å². The molecule has 150 valence electrons. The highest BCUT2D eigenvalue weighted by molar-refractivity contribution is 6.06. The molecular formula is C19H23FN4O4. The third-order valence-corrected chi connectivity index (χ3v) is 3.65. The van der Waals surface area contributed by atoms with Crippen molar-refractivity contribution in [3.8, 4) is 5.75 Å². The van der Waals surface area contributed by atoms with Gasteiger partial charge < -0.3 is 14.4 Å². The molecule has 0 radical (unpaired) electrons. The highest BCUT2D eigenvalue weighted by Gasteiger charge is 2.21. The molecule has 2 rings (SSSR count). The Balaban J connectivity index is 2.17. The van der Waals surface area contributed by atoms with Crippen molar-refractivity contribution in [1.29, 1.82) is 0 Å². The number of hydrogen-bond acceptors (Lipinski definition) is 6. The Hall–Kier alpha value is -3.23. The van der Waals surface area contributed by atoms with Crippen LogP contribution >= 0.6 is 0 Å². The molecule has 2 aromatic rings. The van der Waals surface area contributed by atoms with Gasteiger partial charge in [-0.1, -0.05) is 0 Å². The van der Waals surface area contributed by atoms with Gasteiger partial charge in [0.15, 0.2) is 11.6 Å². The van der Waals surface area contributed by atoms with Gasteiger partial charge in [0, 0.05) is 25.0 Å². The summed E-state index contributed by atoms with van der Waals surface area (Å²) in [4.78, 5) is 33.9. The maximum absolute atomic E-state index is 13.9. The first-order chi connectivity index (χ1) is 13.0. The molecule has 0 bridgehead atoms. The Morgan fingerprint density at radius 3 is 2.46 bits per heavy atom. The van der Waals surface area contributed by atoms with Crippen molar-refractivity contribution in [2.75, 3.05) is 24.4 Å². The van der Waals surface area contributed by atoms with Crippen LogP contribution in [0.1, 0.15) is 36.8 Å². The molecule has 0 unspecified atom stereocenters. The zero-order valence-electron chi connectivity index (χ0n) is 16.7. The zero-order chi connectivity index (χ0) is 21.1. The number of carbonyl (C=O) groups is 2. The molecule has 0 saturated carbocycles. The van der Waals surface area contributed by atoms with Crippen LogP contribution in [0, 0.1) is 12.7 Å². The number of benzene rings is 1. The first-order valence-electron chi connectivity index (χ1n) is 8.47. The van der Waals surface area contributed by atoms with Crippen molar-refractivity contribution < 1.29 is 23.5 Å². The van der Waals surface area contributed by atoms with Gasteiger partial charge in [0.1, 0.15) is 5.60 Å². The van der Waals surface area contributed by atoms with Gasteiger partial charge in [-0.15, -0.1) is 0 Å². The third-order valence-electron chi connectivity index (χ3n) is 3.65. The van der Waals surface area contributed by atoms with Gasteiger partial charge in [-0.05, 0) is 39.8 Å². The lowest BCUT2D eigenvalue weighted by atomic mass is 10.2. The van der Waals surface area contributed by atoms with Crippen LogP contribution in [0.3, 0.4) is 0 Å². The summed E-state index contributed by atoms with van der Waals surface area (Å²) in [6.07, 6.45) is 0.602. The van der Waals surface area contributed by atoms with E-state index >= 15 is 0 Å². The number of carbonyl (C=O) groups excluding carboxylic acids is 2. The topological polar surface area (TPSA) is 93.7 Å². The number of hydrogen-bond donors (Lipinski definition) is 1. The standard InChI is InChI=1S/C19H23FN4O4/c1-11-13(10-21-17(22-11)23-18(26)28-19(2,3)4)16(25)24(5)12-7-8-15(27-6)14(20)9-12/h7-10H,1-6H3,(H,21,22,23,26). The van der Waals surface area contributed by atoms with Gasteiger partial charge in [-0.2, -0.15) is 0 Å². The maximum atomic E-state index is 13.9. The largest absolute Gasteiger partial charge is 0.494 e. The molecule has 1 aromatic carbocycles. The quantitative estimate of drug-likeness (QED) is 0.858. The number of anilines is 2. The van der Waals surface area contributed by atoms with Crippen LogP contribution in [0.2, 0.25) is 0 Å². The first-order valence-corrected chi connectivity index (χ1v) is 8.47. The average Bonchev–Trinajstić information content (AvgIpc) is 2.59. The molecule has 28 heavy (non-hydrogen) atoms. The number of nitrogens with one attached hydrogen (secondary N) is 1. The van der Waals surface area contributed by atoms with E-state index in [0.717, 1.165) is 0 Å². The van der Waals surface area contributed by atoms with Crippen LogP contribution in [-0.2, 0) is 4.74 Å². The number of aromatic nitrogens is 2. The normalized spacial score (nSPS) is 11.0. The predicted octanol–water partition coefficient (Wildman–Crippen LogP) is 3.56.